The van der Waals surface area contributed by atoms with Gasteiger partial charge in [0.2, 0.25) is 0 Å². The molecule has 0 saturated carbocycles. The van der Waals surface area contributed by atoms with Crippen molar-refractivity contribution < 1.29 is 9.53 Å². The number of H-pyrrole nitrogens is 1. The molecule has 3 rings (SSSR count). The van der Waals surface area contributed by atoms with Crippen molar-refractivity contribution >= 4 is 17.5 Å². The summed E-state index contributed by atoms with van der Waals surface area (Å²) in [5.41, 5.74) is 1.52. The molecule has 8 heteroatoms. The minimum atomic E-state index is 0.0248. The van der Waals surface area contributed by atoms with Crippen LogP contribution in [0.25, 0.3) is 11.4 Å². The fourth-order valence-electron chi connectivity index (χ4n) is 2.21. The molecule has 0 radical (unpaired) electrons. The van der Waals surface area contributed by atoms with E-state index < -0.39 is 0 Å². The maximum absolute atomic E-state index is 12.1. The fraction of sp³-hybridized carbons (Fsp3) is 0.250. The molecule has 3 aromatic rings. The number of ether oxygens (including phenoxy) is 1. The first-order valence-corrected chi connectivity index (χ1v) is 8.40. The molecule has 0 aliphatic heterocycles. The fourth-order valence-corrected chi connectivity index (χ4v) is 3.05. The van der Waals surface area contributed by atoms with Gasteiger partial charge < -0.3 is 9.72 Å². The van der Waals surface area contributed by atoms with E-state index in [2.05, 4.69) is 20.2 Å². The van der Waals surface area contributed by atoms with Gasteiger partial charge in [-0.2, -0.15) is 0 Å². The summed E-state index contributed by atoms with van der Waals surface area (Å²) in [4.78, 5) is 19.1. The molecule has 0 spiro atoms. The summed E-state index contributed by atoms with van der Waals surface area (Å²) >= 11 is 1.37. The molecule has 0 fully saturated rings. The van der Waals surface area contributed by atoms with Crippen molar-refractivity contribution in [2.45, 2.75) is 11.7 Å². The van der Waals surface area contributed by atoms with Crippen molar-refractivity contribution in [1.82, 2.24) is 24.7 Å². The summed E-state index contributed by atoms with van der Waals surface area (Å²) in [6.45, 7) is 1.15. The number of methoxy groups -OCH3 is 1. The van der Waals surface area contributed by atoms with E-state index in [0.29, 0.717) is 29.8 Å². The molecular formula is C16H17N5O2S. The Hall–Kier alpha value is -2.45. The Kier molecular flexibility index (Phi) is 5.39. The average Bonchev–Trinajstić information content (AvgIpc) is 3.28. The van der Waals surface area contributed by atoms with Gasteiger partial charge in [0.25, 0.3) is 0 Å². The molecule has 0 aromatic carbocycles. The third kappa shape index (κ3) is 3.72. The molecule has 0 unspecified atom stereocenters. The Bertz CT molecular complexity index is 786. The van der Waals surface area contributed by atoms with Gasteiger partial charge in [-0.1, -0.05) is 11.8 Å². The van der Waals surface area contributed by atoms with E-state index in [1.807, 2.05) is 16.7 Å². The molecule has 3 heterocycles. The van der Waals surface area contributed by atoms with Gasteiger partial charge in [0.15, 0.2) is 16.8 Å². The van der Waals surface area contributed by atoms with Crippen molar-refractivity contribution in [3.05, 3.63) is 48.5 Å². The molecule has 0 aliphatic rings. The number of hydrogen-bond donors (Lipinski definition) is 1. The lowest BCUT2D eigenvalue weighted by molar-refractivity contribution is 0.101. The summed E-state index contributed by atoms with van der Waals surface area (Å²) < 4.78 is 7.14. The van der Waals surface area contributed by atoms with Crippen LogP contribution in [0.5, 0.6) is 0 Å². The SMILES string of the molecule is COCCn1c(SCC(=O)c2ccc[nH]2)nnc1-c1ccncc1. The second-order valence-corrected chi connectivity index (χ2v) is 5.92. The minimum absolute atomic E-state index is 0.0248. The molecule has 24 heavy (non-hydrogen) atoms. The average molecular weight is 343 g/mol. The predicted molar refractivity (Wildman–Crippen MR) is 91.0 cm³/mol. The number of thioether (sulfide) groups is 1. The van der Waals surface area contributed by atoms with Gasteiger partial charge in [0.1, 0.15) is 0 Å². The number of hydrogen-bond acceptors (Lipinski definition) is 6. The number of ketones is 1. The highest BCUT2D eigenvalue weighted by Gasteiger charge is 2.16. The number of nitrogens with zero attached hydrogens (tertiary/aromatic N) is 4. The number of carbonyl (C=O) groups excluding carboxylic acids is 1. The number of nitrogens with one attached hydrogen (secondary N) is 1. The first-order valence-electron chi connectivity index (χ1n) is 7.41. The first-order chi connectivity index (χ1) is 11.8. The summed E-state index contributed by atoms with van der Waals surface area (Å²) in [5, 5.41) is 9.20. The number of pyridine rings is 1. The minimum Gasteiger partial charge on any atom is -0.383 e. The zero-order valence-electron chi connectivity index (χ0n) is 13.2. The van der Waals surface area contributed by atoms with Crippen LogP contribution in [0.3, 0.4) is 0 Å². The Morgan fingerprint density at radius 3 is 2.83 bits per heavy atom. The lowest BCUT2D eigenvalue weighted by Crippen LogP contribution is -2.09. The number of carbonyl (C=O) groups is 1. The van der Waals surface area contributed by atoms with Crippen LogP contribution in [0.4, 0.5) is 0 Å². The number of aromatic nitrogens is 5. The quantitative estimate of drug-likeness (QED) is 0.499. The summed E-state index contributed by atoms with van der Waals surface area (Å²) in [6.07, 6.45) is 5.17. The van der Waals surface area contributed by atoms with Gasteiger partial charge in [0, 0.05) is 31.3 Å². The van der Waals surface area contributed by atoms with Crippen molar-refractivity contribution in [2.75, 3.05) is 19.5 Å². The highest BCUT2D eigenvalue weighted by Crippen LogP contribution is 2.24. The van der Waals surface area contributed by atoms with E-state index in [-0.39, 0.29) is 5.78 Å². The molecule has 124 valence electrons. The number of Topliss-reactive ketones (excluding diaryl/α,β-unsaturated/α-hetero) is 1. The topological polar surface area (TPSA) is 85.7 Å². The smallest absolute Gasteiger partial charge is 0.192 e. The Labute approximate surface area is 143 Å². The van der Waals surface area contributed by atoms with Crippen molar-refractivity contribution in [1.29, 1.82) is 0 Å². The third-order valence-corrected chi connectivity index (χ3v) is 4.37. The van der Waals surface area contributed by atoms with Gasteiger partial charge >= 0.3 is 0 Å². The molecule has 0 atom stereocenters. The van der Waals surface area contributed by atoms with Gasteiger partial charge in [0.05, 0.1) is 24.6 Å². The zero-order valence-corrected chi connectivity index (χ0v) is 14.0. The van der Waals surface area contributed by atoms with E-state index in [4.69, 9.17) is 4.74 Å². The van der Waals surface area contributed by atoms with Gasteiger partial charge in [-0.05, 0) is 24.3 Å². The van der Waals surface area contributed by atoms with Crippen LogP contribution in [0.2, 0.25) is 0 Å². The Morgan fingerprint density at radius 1 is 1.29 bits per heavy atom. The van der Waals surface area contributed by atoms with E-state index in [1.165, 1.54) is 11.8 Å². The molecule has 0 saturated heterocycles. The highest BCUT2D eigenvalue weighted by molar-refractivity contribution is 7.99. The van der Waals surface area contributed by atoms with Crippen LogP contribution in [0.15, 0.2) is 48.0 Å². The van der Waals surface area contributed by atoms with Crippen LogP contribution in [-0.4, -0.2) is 50.0 Å². The third-order valence-electron chi connectivity index (χ3n) is 3.41. The second kappa shape index (κ2) is 7.89. The monoisotopic (exact) mass is 343 g/mol. The summed E-state index contributed by atoms with van der Waals surface area (Å²) in [7, 11) is 1.65. The molecular weight excluding hydrogens is 326 g/mol. The first kappa shape index (κ1) is 16.4. The highest BCUT2D eigenvalue weighted by atomic mass is 32.2. The Morgan fingerprint density at radius 2 is 2.12 bits per heavy atom. The molecule has 0 bridgehead atoms. The number of aromatic amines is 1. The largest absolute Gasteiger partial charge is 0.383 e. The molecule has 7 nitrogen and oxygen atoms in total. The standard InChI is InChI=1S/C16H17N5O2S/c1-23-10-9-21-15(12-4-7-17-8-5-12)19-20-16(21)24-11-14(22)13-3-2-6-18-13/h2-8,18H,9-11H2,1H3. The van der Waals surface area contributed by atoms with Crippen LogP contribution >= 0.6 is 11.8 Å². The number of rotatable bonds is 8. The van der Waals surface area contributed by atoms with Crippen LogP contribution in [-0.2, 0) is 11.3 Å². The van der Waals surface area contributed by atoms with E-state index in [1.54, 1.807) is 37.8 Å². The van der Waals surface area contributed by atoms with Crippen LogP contribution in [0, 0.1) is 0 Å². The molecule has 1 N–H and O–H groups in total. The maximum Gasteiger partial charge on any atom is 0.192 e. The van der Waals surface area contributed by atoms with Crippen LogP contribution in [0.1, 0.15) is 10.5 Å². The molecule has 0 amide bonds. The van der Waals surface area contributed by atoms with E-state index in [0.717, 1.165) is 11.4 Å². The molecule has 3 aromatic heterocycles. The van der Waals surface area contributed by atoms with E-state index in [9.17, 15) is 4.79 Å². The van der Waals surface area contributed by atoms with Crippen molar-refractivity contribution in [3.63, 3.8) is 0 Å². The summed E-state index contributed by atoms with van der Waals surface area (Å²) in [5.74, 6) is 1.06. The van der Waals surface area contributed by atoms with Gasteiger partial charge in [-0.3, -0.25) is 14.3 Å². The second-order valence-electron chi connectivity index (χ2n) is 4.98. The summed E-state index contributed by atoms with van der Waals surface area (Å²) in [6, 6.07) is 7.33. The normalized spacial score (nSPS) is 10.9. The lowest BCUT2D eigenvalue weighted by atomic mass is 10.2. The van der Waals surface area contributed by atoms with Crippen molar-refractivity contribution in [2.24, 2.45) is 0 Å². The van der Waals surface area contributed by atoms with Gasteiger partial charge in [-0.15, -0.1) is 10.2 Å². The molecule has 0 aliphatic carbocycles. The van der Waals surface area contributed by atoms with Gasteiger partial charge in [-0.25, -0.2) is 0 Å². The zero-order chi connectivity index (χ0) is 16.8. The predicted octanol–water partition coefficient (Wildman–Crippen LogP) is 2.29. The van der Waals surface area contributed by atoms with Crippen LogP contribution < -0.4 is 0 Å². The van der Waals surface area contributed by atoms with Crippen molar-refractivity contribution in [3.8, 4) is 11.4 Å². The Balaban J connectivity index is 1.79. The van der Waals surface area contributed by atoms with E-state index >= 15 is 0 Å². The lowest BCUT2D eigenvalue weighted by Gasteiger charge is -2.09. The maximum atomic E-state index is 12.1.